The van der Waals surface area contributed by atoms with E-state index in [-0.39, 0.29) is 69.8 Å². The van der Waals surface area contributed by atoms with Crippen LogP contribution < -0.4 is 10.6 Å². The number of ketones is 1. The number of nitrogens with one attached hydrogen (secondary N) is 2. The lowest BCUT2D eigenvalue weighted by Gasteiger charge is -2.72. The van der Waals surface area contributed by atoms with Gasteiger partial charge >= 0.3 is 18.0 Å². The summed E-state index contributed by atoms with van der Waals surface area (Å²) in [6, 6.07) is -0.209. The van der Waals surface area contributed by atoms with Crippen LogP contribution in [0.2, 0.25) is 0 Å². The Labute approximate surface area is 317 Å². The van der Waals surface area contributed by atoms with Gasteiger partial charge in [-0.3, -0.25) is 19.2 Å². The fourth-order valence-corrected chi connectivity index (χ4v) is 13.4. The van der Waals surface area contributed by atoms with Gasteiger partial charge in [-0.2, -0.15) is 0 Å². The van der Waals surface area contributed by atoms with Crippen LogP contribution in [0.4, 0.5) is 4.79 Å². The van der Waals surface area contributed by atoms with Crippen molar-refractivity contribution in [3.8, 4) is 0 Å². The number of carboxylic acids is 1. The number of likely N-dealkylation sites (tertiary alicyclic amines) is 1. The summed E-state index contributed by atoms with van der Waals surface area (Å²) in [7, 11) is 0. The Hall–Kier alpha value is -2.91. The van der Waals surface area contributed by atoms with E-state index in [1.807, 2.05) is 4.90 Å². The van der Waals surface area contributed by atoms with Crippen LogP contribution in [0.25, 0.3) is 0 Å². The molecule has 0 aromatic rings. The Kier molecular flexibility index (Phi) is 10.0. The number of carboxylic acid groups (broad SMARTS) is 1. The highest BCUT2D eigenvalue weighted by Gasteiger charge is 2.70. The number of hydrogen-bond donors (Lipinski definition) is 3. The van der Waals surface area contributed by atoms with Gasteiger partial charge in [0.05, 0.1) is 17.4 Å². The van der Waals surface area contributed by atoms with Crippen molar-refractivity contribution in [1.29, 1.82) is 0 Å². The summed E-state index contributed by atoms with van der Waals surface area (Å²) in [6.45, 7) is 22.3. The Morgan fingerprint density at radius 3 is 2.15 bits per heavy atom. The molecule has 1 saturated heterocycles. The number of carbonyl (C=O) groups excluding carboxylic acids is 4. The maximum Gasteiger partial charge on any atom is 0.315 e. The number of hydrogen-bond acceptors (Lipinski definition) is 6. The minimum Gasteiger partial charge on any atom is -0.481 e. The van der Waals surface area contributed by atoms with Crippen LogP contribution in [0.3, 0.4) is 0 Å². The second-order valence-corrected chi connectivity index (χ2v) is 20.4. The molecule has 3 N–H and O–H groups in total. The summed E-state index contributed by atoms with van der Waals surface area (Å²) >= 11 is 0. The molecule has 6 aliphatic rings. The summed E-state index contributed by atoms with van der Waals surface area (Å²) in [5.74, 6) is -0.106. The zero-order valence-corrected chi connectivity index (χ0v) is 34.2. The fourth-order valence-electron chi connectivity index (χ4n) is 13.4. The van der Waals surface area contributed by atoms with Gasteiger partial charge in [0.15, 0.2) is 5.78 Å². The van der Waals surface area contributed by atoms with Crippen molar-refractivity contribution >= 4 is 29.7 Å². The molecule has 3 amide bonds. The second-order valence-electron chi connectivity index (χ2n) is 20.4. The van der Waals surface area contributed by atoms with Gasteiger partial charge in [-0.25, -0.2) is 4.79 Å². The largest absolute Gasteiger partial charge is 0.481 e. The number of piperidine rings is 1. The molecule has 10 nitrogen and oxygen atoms in total. The molecule has 0 spiro atoms. The molecule has 5 fully saturated rings. The minimum absolute atomic E-state index is 0.00492. The Morgan fingerprint density at radius 2 is 1.55 bits per heavy atom. The molecule has 0 radical (unpaired) electrons. The molecular weight excluding hydrogens is 670 g/mol. The molecule has 53 heavy (non-hydrogen) atoms. The second kappa shape index (κ2) is 13.4. The third-order valence-electron chi connectivity index (χ3n) is 16.4. The van der Waals surface area contributed by atoms with E-state index >= 15 is 0 Å². The summed E-state index contributed by atoms with van der Waals surface area (Å²) in [6.07, 6.45) is 8.89. The van der Waals surface area contributed by atoms with Crippen LogP contribution in [0.1, 0.15) is 146 Å². The molecule has 6 rings (SSSR count). The molecule has 0 aromatic heterocycles. The molecule has 0 bridgehead atoms. The van der Waals surface area contributed by atoms with Crippen LogP contribution in [0.5, 0.6) is 0 Å². The molecule has 1 aliphatic heterocycles. The number of carbonyl (C=O) groups is 5. The smallest absolute Gasteiger partial charge is 0.315 e. The first kappa shape index (κ1) is 39.8. The lowest BCUT2D eigenvalue weighted by Crippen LogP contribution is -2.67. The van der Waals surface area contributed by atoms with E-state index < -0.39 is 22.9 Å². The first-order chi connectivity index (χ1) is 24.5. The zero-order chi connectivity index (χ0) is 39.1. The summed E-state index contributed by atoms with van der Waals surface area (Å²) in [5.41, 5.74) is 0.0432. The van der Waals surface area contributed by atoms with Crippen LogP contribution in [-0.4, -0.2) is 70.4 Å². The maximum absolute atomic E-state index is 14.0. The van der Waals surface area contributed by atoms with Crippen molar-refractivity contribution in [3.63, 3.8) is 0 Å². The van der Waals surface area contributed by atoms with E-state index in [1.165, 1.54) is 5.57 Å². The molecule has 0 aromatic carbocycles. The van der Waals surface area contributed by atoms with Gasteiger partial charge in [0.25, 0.3) is 0 Å². The normalized spacial score (nSPS) is 38.3. The molecule has 10 heteroatoms. The van der Waals surface area contributed by atoms with Gasteiger partial charge in [-0.1, -0.05) is 48.5 Å². The topological polar surface area (TPSA) is 142 Å². The van der Waals surface area contributed by atoms with Crippen molar-refractivity contribution in [2.75, 3.05) is 13.1 Å². The average Bonchev–Trinajstić information content (AvgIpc) is 3.34. The number of esters is 1. The highest BCUT2D eigenvalue weighted by Crippen LogP contribution is 2.76. The standard InChI is InChI=1S/C43H67N3O7/c1-25(2)34-29(48)23-43(45-37(52)44-27-15-21-46(22-16-27)26(3)47)20-19-41(9)28(35(34)43)11-12-31-40(8)17-14-32(53-33(49)24-38(4,5)36(50)51)39(6,7)30(40)13-18-42(31,41)10/h25,27-28,30-32H,11-24H2,1-10H3,(H,50,51)(H2,44,45,52)/t28?,30?,31?,32-,40-,41+,42+,43+/m0/s1. The first-order valence-corrected chi connectivity index (χ1v) is 20.6. The van der Waals surface area contributed by atoms with Gasteiger partial charge in [0.1, 0.15) is 6.10 Å². The van der Waals surface area contributed by atoms with Gasteiger partial charge < -0.3 is 25.4 Å². The molecule has 296 valence electrons. The molecule has 8 atom stereocenters. The van der Waals surface area contributed by atoms with Crippen LogP contribution in [-0.2, 0) is 23.9 Å². The first-order valence-electron chi connectivity index (χ1n) is 20.6. The molecule has 4 saturated carbocycles. The van der Waals surface area contributed by atoms with Gasteiger partial charge in [-0.15, -0.1) is 0 Å². The van der Waals surface area contributed by atoms with Crippen LogP contribution >= 0.6 is 0 Å². The number of rotatable bonds is 7. The Bertz CT molecular complexity index is 1570. The van der Waals surface area contributed by atoms with Crippen molar-refractivity contribution in [3.05, 3.63) is 11.1 Å². The molecular formula is C43H67N3O7. The molecule has 1 heterocycles. The van der Waals surface area contributed by atoms with E-state index in [1.54, 1.807) is 20.8 Å². The number of fused-ring (bicyclic) bond motifs is 7. The third kappa shape index (κ3) is 6.33. The van der Waals surface area contributed by atoms with E-state index in [0.29, 0.717) is 31.3 Å². The lowest BCUT2D eigenvalue weighted by molar-refractivity contribution is -0.232. The summed E-state index contributed by atoms with van der Waals surface area (Å²) in [4.78, 5) is 66.3. The lowest BCUT2D eigenvalue weighted by atomic mass is 9.33. The number of aliphatic carboxylic acids is 1. The van der Waals surface area contributed by atoms with E-state index in [4.69, 9.17) is 4.74 Å². The predicted molar refractivity (Wildman–Crippen MR) is 203 cm³/mol. The predicted octanol–water partition coefficient (Wildman–Crippen LogP) is 7.44. The van der Waals surface area contributed by atoms with E-state index in [2.05, 4.69) is 59.1 Å². The molecule has 5 aliphatic carbocycles. The zero-order valence-electron chi connectivity index (χ0n) is 34.2. The van der Waals surface area contributed by atoms with E-state index in [0.717, 1.165) is 69.8 Å². The van der Waals surface area contributed by atoms with Crippen molar-refractivity contribution in [2.24, 2.45) is 50.7 Å². The van der Waals surface area contributed by atoms with Crippen molar-refractivity contribution < 1.29 is 33.8 Å². The third-order valence-corrected chi connectivity index (χ3v) is 16.4. The SMILES string of the molecule is CC(=O)N1CCC(NC(=O)N[C@@]23CC[C@]4(C)C(CCC5[C@@]6(C)CC[C@H](OC(=O)CC(C)(C)C(=O)O)C(C)(C)C6CC[C@]54C)C2=C(C(C)C)C(=O)C3)CC1. The number of Topliss-reactive ketones (excluding diaryl/α,β-unsaturated/α-hetero) is 1. The molecule has 3 unspecified atom stereocenters. The monoisotopic (exact) mass is 737 g/mol. The summed E-state index contributed by atoms with van der Waals surface area (Å²) in [5, 5.41) is 16.3. The van der Waals surface area contributed by atoms with Gasteiger partial charge in [0, 0.05) is 37.9 Å². The van der Waals surface area contributed by atoms with Gasteiger partial charge in [-0.05, 0) is 129 Å². The number of amides is 3. The van der Waals surface area contributed by atoms with Crippen molar-refractivity contribution in [2.45, 2.75) is 164 Å². The number of ether oxygens (including phenoxy) is 1. The number of allylic oxidation sites excluding steroid dienone is 1. The Morgan fingerprint density at radius 1 is 0.887 bits per heavy atom. The van der Waals surface area contributed by atoms with Crippen LogP contribution in [0, 0.1) is 50.7 Å². The van der Waals surface area contributed by atoms with Crippen molar-refractivity contribution in [1.82, 2.24) is 15.5 Å². The van der Waals surface area contributed by atoms with E-state index in [9.17, 15) is 29.1 Å². The quantitative estimate of drug-likeness (QED) is 0.231. The minimum atomic E-state index is -1.17. The number of nitrogens with zero attached hydrogens (tertiary/aromatic N) is 1. The van der Waals surface area contributed by atoms with Crippen LogP contribution in [0.15, 0.2) is 11.1 Å². The summed E-state index contributed by atoms with van der Waals surface area (Å²) < 4.78 is 6.15. The fraction of sp³-hybridized carbons (Fsp3) is 0.837. The highest BCUT2D eigenvalue weighted by molar-refractivity contribution is 6.02. The highest BCUT2D eigenvalue weighted by atomic mass is 16.5. The Balaban J connectivity index is 1.24. The maximum atomic E-state index is 14.0. The average molecular weight is 738 g/mol. The number of urea groups is 1. The van der Waals surface area contributed by atoms with Gasteiger partial charge in [0.2, 0.25) is 5.91 Å².